The summed E-state index contributed by atoms with van der Waals surface area (Å²) in [4.78, 5) is 26.7. The molecule has 1 aliphatic rings. The van der Waals surface area contributed by atoms with Gasteiger partial charge in [-0.05, 0) is 67.1 Å². The Balaban J connectivity index is 1.20. The minimum atomic E-state index is -0.910. The Morgan fingerprint density at radius 1 is 1.08 bits per heavy atom. The summed E-state index contributed by atoms with van der Waals surface area (Å²) in [6.07, 6.45) is 6.22. The molecular formula is C28H25FN8O2. The Morgan fingerprint density at radius 3 is 2.72 bits per heavy atom. The lowest BCUT2D eigenvalue weighted by molar-refractivity contribution is -0.129. The molecule has 4 heterocycles. The first kappa shape index (κ1) is 24.4. The van der Waals surface area contributed by atoms with Crippen LogP contribution in [-0.4, -0.2) is 53.4 Å². The van der Waals surface area contributed by atoms with E-state index in [-0.39, 0.29) is 5.92 Å². The van der Waals surface area contributed by atoms with E-state index in [1.165, 1.54) is 11.2 Å². The van der Waals surface area contributed by atoms with Crippen molar-refractivity contribution in [3.63, 3.8) is 0 Å². The van der Waals surface area contributed by atoms with Gasteiger partial charge >= 0.3 is 0 Å². The van der Waals surface area contributed by atoms with Crippen molar-refractivity contribution < 1.29 is 13.9 Å². The van der Waals surface area contributed by atoms with E-state index in [0.29, 0.717) is 36.2 Å². The standard InChI is InChI=1S/C28H25FN8O2/c1-17-11-21(4-6-24(17)39-26-13-25-35-33-16-37(25)15-32-26)34-27-22-12-20(3-5-23(22)30-14-31-27)19-7-9-36(10-8-19)28(38)18(2)29/h3-6,11-16,19H,2,7-10H2,1H3,(H,30,31,34). The van der Waals surface area contributed by atoms with Crippen LogP contribution in [0, 0.1) is 6.92 Å². The van der Waals surface area contributed by atoms with Crippen LogP contribution in [0.25, 0.3) is 16.6 Å². The van der Waals surface area contributed by atoms with E-state index in [1.54, 1.807) is 23.1 Å². The van der Waals surface area contributed by atoms with Gasteiger partial charge in [0.1, 0.15) is 30.5 Å². The first-order valence-corrected chi connectivity index (χ1v) is 12.5. The third-order valence-electron chi connectivity index (χ3n) is 6.96. The number of aromatic nitrogens is 6. The van der Waals surface area contributed by atoms with E-state index < -0.39 is 11.7 Å². The van der Waals surface area contributed by atoms with Crippen molar-refractivity contribution in [1.29, 1.82) is 0 Å². The first-order chi connectivity index (χ1) is 18.9. The molecule has 0 saturated carbocycles. The molecule has 1 amide bonds. The SMILES string of the molecule is C=C(F)C(=O)N1CCC(c2ccc3ncnc(Nc4ccc(Oc5cc6nncn6cn5)c(C)c4)c3c2)CC1. The van der Waals surface area contributed by atoms with Gasteiger partial charge in [-0.3, -0.25) is 9.20 Å². The van der Waals surface area contributed by atoms with Gasteiger partial charge in [0.05, 0.1) is 5.52 Å². The lowest BCUT2D eigenvalue weighted by Crippen LogP contribution is -2.38. The van der Waals surface area contributed by atoms with Gasteiger partial charge in [-0.2, -0.15) is 0 Å². The topological polar surface area (TPSA) is 110 Å². The van der Waals surface area contributed by atoms with Gasteiger partial charge in [-0.15, -0.1) is 10.2 Å². The number of nitrogens with zero attached hydrogens (tertiary/aromatic N) is 7. The molecule has 0 spiro atoms. The number of rotatable bonds is 6. The molecule has 11 heteroatoms. The van der Waals surface area contributed by atoms with Gasteiger partial charge in [0.2, 0.25) is 5.88 Å². The molecule has 0 radical (unpaired) electrons. The van der Waals surface area contributed by atoms with Crippen molar-refractivity contribution >= 4 is 34.0 Å². The summed E-state index contributed by atoms with van der Waals surface area (Å²) in [5, 5.41) is 12.2. The van der Waals surface area contributed by atoms with Gasteiger partial charge in [0, 0.05) is 30.2 Å². The molecule has 0 unspecified atom stereocenters. The number of amides is 1. The number of anilines is 2. The normalized spacial score (nSPS) is 14.1. The highest BCUT2D eigenvalue weighted by atomic mass is 19.1. The maximum absolute atomic E-state index is 13.3. The zero-order chi connectivity index (χ0) is 26.9. The Hall–Kier alpha value is -4.93. The zero-order valence-corrected chi connectivity index (χ0v) is 21.2. The fourth-order valence-corrected chi connectivity index (χ4v) is 4.87. The summed E-state index contributed by atoms with van der Waals surface area (Å²) < 4.78 is 21.0. The average molecular weight is 525 g/mol. The second-order valence-electron chi connectivity index (χ2n) is 9.50. The van der Waals surface area contributed by atoms with Crippen LogP contribution in [0.15, 0.2) is 73.9 Å². The Labute approximate surface area is 223 Å². The molecule has 196 valence electrons. The van der Waals surface area contributed by atoms with Crippen molar-refractivity contribution in [2.75, 3.05) is 18.4 Å². The molecule has 1 N–H and O–H groups in total. The number of benzene rings is 2. The number of ether oxygens (including phenoxy) is 1. The van der Waals surface area contributed by atoms with Crippen LogP contribution in [0.1, 0.15) is 29.9 Å². The van der Waals surface area contributed by atoms with E-state index in [9.17, 15) is 9.18 Å². The second-order valence-corrected chi connectivity index (χ2v) is 9.50. The van der Waals surface area contributed by atoms with E-state index in [0.717, 1.165) is 40.6 Å². The average Bonchev–Trinajstić information content (AvgIpc) is 3.42. The molecule has 1 aliphatic heterocycles. The summed E-state index contributed by atoms with van der Waals surface area (Å²) >= 11 is 0. The summed E-state index contributed by atoms with van der Waals surface area (Å²) in [7, 11) is 0. The van der Waals surface area contributed by atoms with Crippen LogP contribution >= 0.6 is 0 Å². The van der Waals surface area contributed by atoms with E-state index in [2.05, 4.69) is 49.2 Å². The van der Waals surface area contributed by atoms with Crippen LogP contribution in [-0.2, 0) is 4.79 Å². The smallest absolute Gasteiger partial charge is 0.281 e. The van der Waals surface area contributed by atoms with Crippen molar-refractivity contribution in [2.24, 2.45) is 0 Å². The van der Waals surface area contributed by atoms with E-state index in [4.69, 9.17) is 4.74 Å². The van der Waals surface area contributed by atoms with Crippen LogP contribution in [0.4, 0.5) is 15.9 Å². The molecule has 0 atom stereocenters. The van der Waals surface area contributed by atoms with Crippen LogP contribution in [0.3, 0.4) is 0 Å². The molecule has 0 bridgehead atoms. The van der Waals surface area contributed by atoms with Gasteiger partial charge < -0.3 is 15.0 Å². The van der Waals surface area contributed by atoms with Crippen molar-refractivity contribution in [3.8, 4) is 11.6 Å². The number of likely N-dealkylation sites (tertiary alicyclic amines) is 1. The quantitative estimate of drug-likeness (QED) is 0.306. The number of halogens is 1. The zero-order valence-electron chi connectivity index (χ0n) is 21.2. The highest BCUT2D eigenvalue weighted by Gasteiger charge is 2.25. The monoisotopic (exact) mass is 524 g/mol. The first-order valence-electron chi connectivity index (χ1n) is 12.5. The Bertz CT molecular complexity index is 1710. The predicted molar refractivity (Wildman–Crippen MR) is 144 cm³/mol. The molecule has 10 nitrogen and oxygen atoms in total. The molecular weight excluding hydrogens is 499 g/mol. The largest absolute Gasteiger partial charge is 0.439 e. The molecule has 2 aromatic carbocycles. The summed E-state index contributed by atoms with van der Waals surface area (Å²) in [6, 6.07) is 13.7. The number of hydrogen-bond acceptors (Lipinski definition) is 8. The lowest BCUT2D eigenvalue weighted by Gasteiger charge is -2.31. The molecule has 0 aliphatic carbocycles. The third kappa shape index (κ3) is 4.98. The lowest BCUT2D eigenvalue weighted by atomic mass is 9.88. The Kier molecular flexibility index (Phi) is 6.31. The summed E-state index contributed by atoms with van der Waals surface area (Å²) in [5.74, 6) is 0.517. The summed E-state index contributed by atoms with van der Waals surface area (Å²) in [6.45, 7) is 6.08. The van der Waals surface area contributed by atoms with Gasteiger partial charge in [-0.25, -0.2) is 19.3 Å². The van der Waals surface area contributed by atoms with E-state index in [1.807, 2.05) is 31.2 Å². The third-order valence-corrected chi connectivity index (χ3v) is 6.96. The molecule has 3 aromatic heterocycles. The molecule has 1 saturated heterocycles. The number of carbonyl (C=O) groups is 1. The number of piperidine rings is 1. The van der Waals surface area contributed by atoms with Gasteiger partial charge in [0.15, 0.2) is 11.5 Å². The fraction of sp³-hybridized carbons (Fsp3) is 0.214. The van der Waals surface area contributed by atoms with Crippen LogP contribution in [0.2, 0.25) is 0 Å². The second kappa shape index (κ2) is 10.1. The number of fused-ring (bicyclic) bond motifs is 2. The Morgan fingerprint density at radius 2 is 1.92 bits per heavy atom. The molecule has 39 heavy (non-hydrogen) atoms. The number of aryl methyl sites for hydroxylation is 1. The molecule has 1 fully saturated rings. The minimum Gasteiger partial charge on any atom is -0.439 e. The van der Waals surface area contributed by atoms with Gasteiger partial charge in [0.25, 0.3) is 5.91 Å². The van der Waals surface area contributed by atoms with Gasteiger partial charge in [-0.1, -0.05) is 12.6 Å². The fourth-order valence-electron chi connectivity index (χ4n) is 4.87. The van der Waals surface area contributed by atoms with Crippen molar-refractivity contribution in [3.05, 3.63) is 85.0 Å². The highest BCUT2D eigenvalue weighted by Crippen LogP contribution is 2.33. The van der Waals surface area contributed by atoms with E-state index >= 15 is 0 Å². The highest BCUT2D eigenvalue weighted by molar-refractivity contribution is 5.91. The minimum absolute atomic E-state index is 0.253. The molecule has 5 aromatic rings. The number of hydrogen-bond donors (Lipinski definition) is 1. The van der Waals surface area contributed by atoms with Crippen LogP contribution < -0.4 is 10.1 Å². The maximum atomic E-state index is 13.3. The molecule has 6 rings (SSSR count). The maximum Gasteiger partial charge on any atom is 0.281 e. The number of nitrogens with one attached hydrogen (secondary N) is 1. The predicted octanol–water partition coefficient (Wildman–Crippen LogP) is 5.10. The van der Waals surface area contributed by atoms with Crippen LogP contribution in [0.5, 0.6) is 11.6 Å². The van der Waals surface area contributed by atoms with Crippen molar-refractivity contribution in [2.45, 2.75) is 25.7 Å². The number of carbonyl (C=O) groups excluding carboxylic acids is 1. The summed E-state index contributed by atoms with van der Waals surface area (Å²) in [5.41, 5.74) is 4.38. The van der Waals surface area contributed by atoms with Crippen molar-refractivity contribution in [1.82, 2.24) is 34.4 Å².